The molecule has 10 heteroatoms. The van der Waals surface area contributed by atoms with Gasteiger partial charge in [0.1, 0.15) is 11.6 Å². The van der Waals surface area contributed by atoms with Crippen LogP contribution in [0.1, 0.15) is 46.2 Å². The highest BCUT2D eigenvalue weighted by Crippen LogP contribution is 2.30. The van der Waals surface area contributed by atoms with E-state index < -0.39 is 0 Å². The van der Waals surface area contributed by atoms with Gasteiger partial charge in [-0.3, -0.25) is 9.36 Å². The second kappa shape index (κ2) is 10.5. The van der Waals surface area contributed by atoms with Crippen LogP contribution in [0.25, 0.3) is 11.0 Å². The Morgan fingerprint density at radius 3 is 2.67 bits per heavy atom. The number of carbonyl (C=O) groups is 1. The summed E-state index contributed by atoms with van der Waals surface area (Å²) in [5, 5.41) is 0.379. The number of hydrogen-bond acceptors (Lipinski definition) is 6. The van der Waals surface area contributed by atoms with Crippen LogP contribution < -0.4 is 10.4 Å². The van der Waals surface area contributed by atoms with Crippen LogP contribution in [0.3, 0.4) is 0 Å². The Morgan fingerprint density at radius 2 is 1.87 bits per heavy atom. The number of carbonyl (C=O) groups excluding carboxylic acids is 1. The summed E-state index contributed by atoms with van der Waals surface area (Å²) >= 11 is 1.14. The number of piperidine rings is 1. The normalized spacial score (nSPS) is 14.2. The Balaban J connectivity index is 1.12. The lowest BCUT2D eigenvalue weighted by atomic mass is 10.0. The van der Waals surface area contributed by atoms with Crippen LogP contribution in [0.4, 0.5) is 4.39 Å². The molecule has 5 aromatic rings. The molecule has 0 aliphatic carbocycles. The number of fused-ring (bicyclic) bond motifs is 1. The molecule has 0 spiro atoms. The molecule has 3 aromatic carbocycles. The summed E-state index contributed by atoms with van der Waals surface area (Å²) in [6.45, 7) is 3.03. The van der Waals surface area contributed by atoms with Gasteiger partial charge in [0.25, 0.3) is 11.1 Å². The minimum absolute atomic E-state index is 0.0381. The number of halogens is 1. The molecule has 1 aliphatic rings. The van der Waals surface area contributed by atoms with Crippen molar-refractivity contribution in [3.63, 3.8) is 0 Å². The molecule has 8 nitrogen and oxygen atoms in total. The highest BCUT2D eigenvalue weighted by atomic mass is 32.1. The van der Waals surface area contributed by atoms with Crippen LogP contribution in [0.2, 0.25) is 0 Å². The number of hydrogen-bond donors (Lipinski definition) is 1. The lowest BCUT2D eigenvalue weighted by Crippen LogP contribution is -2.40. The van der Waals surface area contributed by atoms with E-state index in [2.05, 4.69) is 14.3 Å². The quantitative estimate of drug-likeness (QED) is 0.306. The first kappa shape index (κ1) is 25.0. The summed E-state index contributed by atoms with van der Waals surface area (Å²) < 4.78 is 25.4. The lowest BCUT2D eigenvalue weighted by molar-refractivity contribution is 0.0694. The van der Waals surface area contributed by atoms with Crippen molar-refractivity contribution >= 4 is 28.5 Å². The SMILES string of the molecule is Cc1ccc(C(=O)N2CCC(n3c(=O)[nH]c4ccccc43)CC2)cc1Oc1nc(Cc2ccc(F)cc2)ns1. The first-order chi connectivity index (χ1) is 18.9. The molecule has 0 bridgehead atoms. The van der Waals surface area contributed by atoms with Crippen molar-refractivity contribution in [2.24, 2.45) is 0 Å². The fraction of sp³-hybridized carbons (Fsp3) is 0.241. The van der Waals surface area contributed by atoms with E-state index in [1.807, 2.05) is 46.7 Å². The maximum Gasteiger partial charge on any atom is 0.326 e. The van der Waals surface area contributed by atoms with Crippen LogP contribution in [0.5, 0.6) is 10.9 Å². The minimum atomic E-state index is -0.284. The molecule has 1 aliphatic heterocycles. The number of aryl methyl sites for hydroxylation is 1. The molecule has 1 fully saturated rings. The smallest absolute Gasteiger partial charge is 0.326 e. The van der Waals surface area contributed by atoms with Crippen LogP contribution in [-0.4, -0.2) is 42.8 Å². The van der Waals surface area contributed by atoms with E-state index in [9.17, 15) is 14.0 Å². The highest BCUT2D eigenvalue weighted by molar-refractivity contribution is 7.07. The third-order valence-electron chi connectivity index (χ3n) is 7.10. The Labute approximate surface area is 227 Å². The number of imidazole rings is 1. The number of ether oxygens (including phenoxy) is 1. The standard InChI is InChI=1S/C29H26FN5O3S/c1-18-6-9-20(17-25(18)38-29-32-26(33-39-29)16-19-7-10-21(30)11-8-19)27(36)34-14-12-22(13-15-34)35-24-5-3-2-4-23(24)31-28(35)37/h2-11,17,22H,12-16H2,1H3,(H,31,37). The Bertz CT molecular complexity index is 1700. The topological polar surface area (TPSA) is 93.1 Å². The van der Waals surface area contributed by atoms with E-state index in [4.69, 9.17) is 4.74 Å². The van der Waals surface area contributed by atoms with Gasteiger partial charge in [0.2, 0.25) is 0 Å². The molecule has 39 heavy (non-hydrogen) atoms. The Kier molecular flexibility index (Phi) is 6.70. The number of amides is 1. The highest BCUT2D eigenvalue weighted by Gasteiger charge is 2.27. The van der Waals surface area contributed by atoms with Gasteiger partial charge in [0.15, 0.2) is 5.82 Å². The van der Waals surface area contributed by atoms with E-state index >= 15 is 0 Å². The summed E-state index contributed by atoms with van der Waals surface area (Å²) in [5.41, 5.74) is 3.92. The summed E-state index contributed by atoms with van der Waals surface area (Å²) in [7, 11) is 0. The van der Waals surface area contributed by atoms with Crippen molar-refractivity contribution in [1.82, 2.24) is 23.8 Å². The second-order valence-electron chi connectivity index (χ2n) is 9.70. The van der Waals surface area contributed by atoms with Crippen LogP contribution in [0.15, 0.2) is 71.5 Å². The monoisotopic (exact) mass is 543 g/mol. The molecule has 0 atom stereocenters. The number of benzene rings is 3. The van der Waals surface area contributed by atoms with E-state index in [1.165, 1.54) is 12.1 Å². The van der Waals surface area contributed by atoms with E-state index in [1.54, 1.807) is 24.3 Å². The van der Waals surface area contributed by atoms with Gasteiger partial charge in [-0.25, -0.2) is 9.18 Å². The number of nitrogens with one attached hydrogen (secondary N) is 1. The zero-order valence-corrected chi connectivity index (χ0v) is 22.1. The number of aromatic nitrogens is 4. The molecule has 0 unspecified atom stereocenters. The van der Waals surface area contributed by atoms with Crippen molar-refractivity contribution in [3.8, 4) is 10.9 Å². The van der Waals surface area contributed by atoms with Gasteiger partial charge in [-0.15, -0.1) is 0 Å². The number of H-pyrrole nitrogens is 1. The van der Waals surface area contributed by atoms with Gasteiger partial charge in [0, 0.05) is 42.6 Å². The fourth-order valence-corrected chi connectivity index (χ4v) is 5.58. The van der Waals surface area contributed by atoms with Crippen LogP contribution in [-0.2, 0) is 6.42 Å². The number of likely N-dealkylation sites (tertiary alicyclic amines) is 1. The summed E-state index contributed by atoms with van der Waals surface area (Å²) in [4.78, 5) is 35.2. The zero-order valence-electron chi connectivity index (χ0n) is 21.3. The molecular weight excluding hydrogens is 517 g/mol. The molecule has 198 valence electrons. The molecular formula is C29H26FN5O3S. The lowest BCUT2D eigenvalue weighted by Gasteiger charge is -2.32. The van der Waals surface area contributed by atoms with E-state index in [0.717, 1.165) is 33.7 Å². The zero-order chi connectivity index (χ0) is 26.9. The molecule has 1 N–H and O–H groups in total. The van der Waals surface area contributed by atoms with Crippen molar-refractivity contribution < 1.29 is 13.9 Å². The van der Waals surface area contributed by atoms with Crippen molar-refractivity contribution in [3.05, 3.63) is 106 Å². The summed E-state index contributed by atoms with van der Waals surface area (Å²) in [6.07, 6.45) is 1.87. The predicted molar refractivity (Wildman–Crippen MR) is 147 cm³/mol. The average Bonchev–Trinajstić information content (AvgIpc) is 3.53. The summed E-state index contributed by atoms with van der Waals surface area (Å²) in [5.74, 6) is 0.779. The number of rotatable bonds is 6. The van der Waals surface area contributed by atoms with Crippen molar-refractivity contribution in [1.29, 1.82) is 0 Å². The van der Waals surface area contributed by atoms with Crippen molar-refractivity contribution in [2.75, 3.05) is 13.1 Å². The van der Waals surface area contributed by atoms with Gasteiger partial charge in [0.05, 0.1) is 11.0 Å². The molecule has 2 aromatic heterocycles. The Morgan fingerprint density at radius 1 is 1.10 bits per heavy atom. The average molecular weight is 544 g/mol. The number of para-hydroxylation sites is 2. The summed E-state index contributed by atoms with van der Waals surface area (Å²) in [6, 6.07) is 19.4. The van der Waals surface area contributed by atoms with Gasteiger partial charge < -0.3 is 14.6 Å². The molecule has 6 rings (SSSR count). The van der Waals surface area contributed by atoms with E-state index in [0.29, 0.717) is 54.7 Å². The van der Waals surface area contributed by atoms with Crippen molar-refractivity contribution in [2.45, 2.75) is 32.2 Å². The number of aromatic amines is 1. The maximum absolute atomic E-state index is 13.4. The van der Waals surface area contributed by atoms with Crippen LogP contribution in [0, 0.1) is 12.7 Å². The van der Waals surface area contributed by atoms with Crippen LogP contribution >= 0.6 is 11.5 Å². The van der Waals surface area contributed by atoms with E-state index in [-0.39, 0.29) is 23.5 Å². The first-order valence-corrected chi connectivity index (χ1v) is 13.6. The first-order valence-electron chi connectivity index (χ1n) is 12.8. The maximum atomic E-state index is 13.4. The predicted octanol–water partition coefficient (Wildman–Crippen LogP) is 5.49. The molecule has 0 radical (unpaired) electrons. The molecule has 1 amide bonds. The van der Waals surface area contributed by atoms with Gasteiger partial charge >= 0.3 is 5.69 Å². The fourth-order valence-electron chi connectivity index (χ4n) is 5.02. The molecule has 1 saturated heterocycles. The number of nitrogens with zero attached hydrogens (tertiary/aromatic N) is 4. The van der Waals surface area contributed by atoms with Gasteiger partial charge in [-0.2, -0.15) is 9.36 Å². The van der Waals surface area contributed by atoms with Gasteiger partial charge in [-0.1, -0.05) is 30.3 Å². The van der Waals surface area contributed by atoms with Gasteiger partial charge in [-0.05, 0) is 67.3 Å². The minimum Gasteiger partial charge on any atom is -0.430 e. The molecule has 3 heterocycles. The Hall–Kier alpha value is -4.31. The second-order valence-corrected chi connectivity index (χ2v) is 10.4. The third kappa shape index (κ3) is 5.20. The third-order valence-corrected chi connectivity index (χ3v) is 7.73. The molecule has 0 saturated carbocycles. The largest absolute Gasteiger partial charge is 0.430 e.